The first-order valence-corrected chi connectivity index (χ1v) is 7.38. The van der Waals surface area contributed by atoms with Gasteiger partial charge in [0.2, 0.25) is 5.91 Å². The Morgan fingerprint density at radius 3 is 2.39 bits per heavy atom. The molecule has 5 nitrogen and oxygen atoms in total. The Morgan fingerprint density at radius 1 is 1.17 bits per heavy atom. The molecule has 0 aliphatic rings. The predicted molar refractivity (Wildman–Crippen MR) is 91.5 cm³/mol. The van der Waals surface area contributed by atoms with Crippen molar-refractivity contribution in [2.24, 2.45) is 5.73 Å². The number of benzene rings is 2. The highest BCUT2D eigenvalue weighted by Crippen LogP contribution is 2.28. The fraction of sp³-hybridized carbons (Fsp3) is 0.222. The second-order valence-electron chi connectivity index (χ2n) is 6.57. The molecule has 0 aliphatic carbocycles. The third-order valence-electron chi connectivity index (χ3n) is 3.89. The first-order valence-electron chi connectivity index (χ1n) is 7.38. The topological polar surface area (TPSA) is 86.9 Å². The Bertz CT molecular complexity index is 886. The van der Waals surface area contributed by atoms with Crippen LogP contribution in [-0.4, -0.2) is 15.7 Å². The van der Waals surface area contributed by atoms with Crippen molar-refractivity contribution >= 4 is 22.6 Å². The third kappa shape index (κ3) is 2.54. The zero-order valence-electron chi connectivity index (χ0n) is 13.4. The minimum absolute atomic E-state index is 0.0812. The summed E-state index contributed by atoms with van der Waals surface area (Å²) in [6.07, 6.45) is 0. The van der Waals surface area contributed by atoms with E-state index in [2.05, 4.69) is 44.1 Å². The number of hydrogen-bond acceptors (Lipinski definition) is 3. The average molecular weight is 307 g/mol. The SMILES string of the molecule is CC(C)(C)c1ccc(-n2nc(N)c3c(C(N)=O)[c]ccc32)cc1. The van der Waals surface area contributed by atoms with Gasteiger partial charge in [-0.1, -0.05) is 39.0 Å². The monoisotopic (exact) mass is 307 g/mol. The summed E-state index contributed by atoms with van der Waals surface area (Å²) in [5.74, 6) is -0.296. The van der Waals surface area contributed by atoms with E-state index in [-0.39, 0.29) is 16.8 Å². The fourth-order valence-electron chi connectivity index (χ4n) is 2.63. The minimum atomic E-state index is -0.565. The molecule has 0 bridgehead atoms. The van der Waals surface area contributed by atoms with E-state index in [9.17, 15) is 4.79 Å². The predicted octanol–water partition coefficient (Wildman–Crippen LogP) is 2.80. The summed E-state index contributed by atoms with van der Waals surface area (Å²) in [5.41, 5.74) is 14.6. The lowest BCUT2D eigenvalue weighted by atomic mass is 9.87. The zero-order valence-corrected chi connectivity index (χ0v) is 13.4. The molecule has 2 aromatic carbocycles. The lowest BCUT2D eigenvalue weighted by molar-refractivity contribution is 0.100. The highest BCUT2D eigenvalue weighted by molar-refractivity contribution is 6.09. The van der Waals surface area contributed by atoms with Gasteiger partial charge in [0, 0.05) is 0 Å². The van der Waals surface area contributed by atoms with Crippen LogP contribution < -0.4 is 11.5 Å². The van der Waals surface area contributed by atoms with Gasteiger partial charge in [0.1, 0.15) is 0 Å². The number of carbonyl (C=O) groups excluding carboxylic acids is 1. The summed E-state index contributed by atoms with van der Waals surface area (Å²) in [6.45, 7) is 6.49. The summed E-state index contributed by atoms with van der Waals surface area (Å²) < 4.78 is 1.72. The number of nitrogens with two attached hydrogens (primary N) is 2. The third-order valence-corrected chi connectivity index (χ3v) is 3.89. The molecule has 1 radical (unpaired) electrons. The van der Waals surface area contributed by atoms with Gasteiger partial charge in [0.05, 0.1) is 22.2 Å². The van der Waals surface area contributed by atoms with E-state index < -0.39 is 5.91 Å². The van der Waals surface area contributed by atoms with Gasteiger partial charge in [-0.15, -0.1) is 5.10 Å². The molecule has 1 heterocycles. The molecule has 4 N–H and O–H groups in total. The van der Waals surface area contributed by atoms with E-state index in [0.29, 0.717) is 5.39 Å². The van der Waals surface area contributed by atoms with Crippen molar-refractivity contribution < 1.29 is 4.79 Å². The van der Waals surface area contributed by atoms with Crippen LogP contribution in [0.1, 0.15) is 36.7 Å². The molecule has 1 amide bonds. The van der Waals surface area contributed by atoms with Crippen molar-refractivity contribution in [3.05, 3.63) is 53.6 Å². The van der Waals surface area contributed by atoms with Gasteiger partial charge in [-0.25, -0.2) is 4.68 Å². The lowest BCUT2D eigenvalue weighted by Gasteiger charge is -2.19. The summed E-state index contributed by atoms with van der Waals surface area (Å²) in [6, 6.07) is 14.4. The average Bonchev–Trinajstić information content (AvgIpc) is 2.84. The molecule has 0 fully saturated rings. The molecule has 117 valence electrons. The largest absolute Gasteiger partial charge is 0.382 e. The van der Waals surface area contributed by atoms with Crippen LogP contribution in [0, 0.1) is 6.07 Å². The van der Waals surface area contributed by atoms with Gasteiger partial charge < -0.3 is 11.5 Å². The highest BCUT2D eigenvalue weighted by atomic mass is 16.1. The van der Waals surface area contributed by atoms with Crippen molar-refractivity contribution in [3.63, 3.8) is 0 Å². The van der Waals surface area contributed by atoms with Crippen molar-refractivity contribution in [1.29, 1.82) is 0 Å². The number of hydrogen-bond donors (Lipinski definition) is 2. The van der Waals surface area contributed by atoms with Gasteiger partial charge in [-0.05, 0) is 35.2 Å². The molecule has 0 spiro atoms. The van der Waals surface area contributed by atoms with E-state index in [1.54, 1.807) is 10.7 Å². The van der Waals surface area contributed by atoms with Gasteiger partial charge >= 0.3 is 0 Å². The molecular weight excluding hydrogens is 288 g/mol. The molecule has 23 heavy (non-hydrogen) atoms. The van der Waals surface area contributed by atoms with E-state index in [1.165, 1.54) is 5.56 Å². The molecule has 3 rings (SSSR count). The molecule has 0 atom stereocenters. The Kier molecular flexibility index (Phi) is 3.36. The molecule has 3 aromatic rings. The van der Waals surface area contributed by atoms with E-state index in [0.717, 1.165) is 11.2 Å². The first kappa shape index (κ1) is 15.1. The quantitative estimate of drug-likeness (QED) is 0.763. The maximum absolute atomic E-state index is 11.6. The number of nitrogens with zero attached hydrogens (tertiary/aromatic N) is 2. The Morgan fingerprint density at radius 2 is 1.83 bits per heavy atom. The van der Waals surface area contributed by atoms with Gasteiger partial charge in [0.15, 0.2) is 5.82 Å². The fourth-order valence-corrected chi connectivity index (χ4v) is 2.63. The van der Waals surface area contributed by atoms with Crippen LogP contribution in [0.5, 0.6) is 0 Å². The number of primary amides is 1. The van der Waals surface area contributed by atoms with Crippen LogP contribution in [0.15, 0.2) is 36.4 Å². The molecule has 0 saturated carbocycles. The molecule has 1 aromatic heterocycles. The smallest absolute Gasteiger partial charge is 0.250 e. The number of amides is 1. The Labute approximate surface area is 134 Å². The van der Waals surface area contributed by atoms with Crippen LogP contribution in [0.3, 0.4) is 0 Å². The van der Waals surface area contributed by atoms with E-state index in [4.69, 9.17) is 11.5 Å². The Hall–Kier alpha value is -2.82. The van der Waals surface area contributed by atoms with Crippen LogP contribution in [0.25, 0.3) is 16.6 Å². The zero-order chi connectivity index (χ0) is 16.8. The lowest BCUT2D eigenvalue weighted by Crippen LogP contribution is -2.12. The highest BCUT2D eigenvalue weighted by Gasteiger charge is 2.17. The van der Waals surface area contributed by atoms with Gasteiger partial charge in [0.25, 0.3) is 0 Å². The standard InChI is InChI=1S/C18H19N4O/c1-18(2,3)11-7-9-12(10-8-11)22-14-6-4-5-13(17(20)23)15(14)16(19)21-22/h4,6-10H,1-3H3,(H2,19,21)(H2,20,23). The van der Waals surface area contributed by atoms with E-state index >= 15 is 0 Å². The molecule has 0 aliphatic heterocycles. The minimum Gasteiger partial charge on any atom is -0.382 e. The van der Waals surface area contributed by atoms with Crippen LogP contribution in [0.2, 0.25) is 0 Å². The number of nitrogen functional groups attached to an aromatic ring is 1. The number of anilines is 1. The van der Waals surface area contributed by atoms with Crippen LogP contribution in [-0.2, 0) is 5.41 Å². The maximum Gasteiger partial charge on any atom is 0.250 e. The number of fused-ring (bicyclic) bond motifs is 1. The van der Waals surface area contributed by atoms with Gasteiger partial charge in [-0.2, -0.15) is 0 Å². The molecular formula is C18H19N4O. The first-order chi connectivity index (χ1) is 10.8. The van der Waals surface area contributed by atoms with Crippen LogP contribution >= 0.6 is 0 Å². The van der Waals surface area contributed by atoms with E-state index in [1.807, 2.05) is 18.2 Å². The normalized spacial score (nSPS) is 11.8. The Balaban J connectivity index is 2.18. The summed E-state index contributed by atoms with van der Waals surface area (Å²) in [4.78, 5) is 11.6. The van der Waals surface area contributed by atoms with Crippen molar-refractivity contribution in [2.45, 2.75) is 26.2 Å². The maximum atomic E-state index is 11.6. The van der Waals surface area contributed by atoms with Crippen molar-refractivity contribution in [3.8, 4) is 5.69 Å². The number of aromatic nitrogens is 2. The summed E-state index contributed by atoms with van der Waals surface area (Å²) in [7, 11) is 0. The molecule has 0 unspecified atom stereocenters. The summed E-state index contributed by atoms with van der Waals surface area (Å²) in [5, 5.41) is 4.90. The van der Waals surface area contributed by atoms with Crippen molar-refractivity contribution in [2.75, 3.05) is 5.73 Å². The van der Waals surface area contributed by atoms with Crippen LogP contribution in [0.4, 0.5) is 5.82 Å². The number of rotatable bonds is 2. The summed E-state index contributed by atoms with van der Waals surface area (Å²) >= 11 is 0. The van der Waals surface area contributed by atoms with Crippen molar-refractivity contribution in [1.82, 2.24) is 9.78 Å². The molecule has 5 heteroatoms. The van der Waals surface area contributed by atoms with Gasteiger partial charge in [-0.3, -0.25) is 4.79 Å². The number of carbonyl (C=O) groups is 1. The second-order valence-corrected chi connectivity index (χ2v) is 6.57. The second kappa shape index (κ2) is 5.12. The molecule has 0 saturated heterocycles.